The summed E-state index contributed by atoms with van der Waals surface area (Å²) in [4.78, 5) is 7.85. The Balaban J connectivity index is 2.08. The number of nitrogens with one attached hydrogen (secondary N) is 1. The summed E-state index contributed by atoms with van der Waals surface area (Å²) >= 11 is 11.9. The highest BCUT2D eigenvalue weighted by atomic mass is 35.5. The van der Waals surface area contributed by atoms with Crippen LogP contribution in [0.4, 0.5) is 5.69 Å². The van der Waals surface area contributed by atoms with Gasteiger partial charge in [-0.15, -0.1) is 0 Å². The van der Waals surface area contributed by atoms with Crippen LogP contribution in [0.25, 0.3) is 0 Å². The molecule has 82 valence electrons. The molecular weight excluding hydrogens is 245 g/mol. The quantitative estimate of drug-likeness (QED) is 0.912. The summed E-state index contributed by atoms with van der Waals surface area (Å²) in [6.07, 6.45) is 4.99. The molecule has 1 aromatic heterocycles. The van der Waals surface area contributed by atoms with Crippen molar-refractivity contribution in [1.29, 1.82) is 0 Å². The normalized spacial score (nSPS) is 10.1. The summed E-state index contributed by atoms with van der Waals surface area (Å²) in [5.41, 5.74) is 1.79. The molecule has 1 heterocycles. The first-order valence-electron chi connectivity index (χ1n) is 4.69. The van der Waals surface area contributed by atoms with E-state index in [0.29, 0.717) is 16.6 Å². The van der Waals surface area contributed by atoms with Crippen molar-refractivity contribution in [3.8, 4) is 0 Å². The number of anilines is 1. The summed E-state index contributed by atoms with van der Waals surface area (Å²) in [6, 6.07) is 5.47. The number of nitrogens with zero attached hydrogens (tertiary/aromatic N) is 2. The number of aromatic nitrogens is 2. The molecule has 0 unspecified atom stereocenters. The predicted octanol–water partition coefficient (Wildman–Crippen LogP) is 3.40. The van der Waals surface area contributed by atoms with E-state index >= 15 is 0 Å². The molecule has 0 radical (unpaired) electrons. The maximum Gasteiger partial charge on any atom is 0.115 e. The average molecular weight is 254 g/mol. The van der Waals surface area contributed by atoms with Gasteiger partial charge in [0.25, 0.3) is 0 Å². The smallest absolute Gasteiger partial charge is 0.115 e. The molecule has 0 saturated carbocycles. The molecule has 5 heteroatoms. The molecule has 0 aliphatic heterocycles. The summed E-state index contributed by atoms with van der Waals surface area (Å²) < 4.78 is 0. The Labute approximate surface area is 103 Å². The van der Waals surface area contributed by atoms with E-state index in [9.17, 15) is 0 Å². The summed E-state index contributed by atoms with van der Waals surface area (Å²) in [5, 5.41) is 4.24. The van der Waals surface area contributed by atoms with E-state index in [1.807, 2.05) is 12.1 Å². The zero-order chi connectivity index (χ0) is 11.4. The first-order chi connectivity index (χ1) is 7.77. The van der Waals surface area contributed by atoms with Gasteiger partial charge in [0, 0.05) is 24.5 Å². The van der Waals surface area contributed by atoms with Gasteiger partial charge >= 0.3 is 0 Å². The molecule has 0 amide bonds. The molecule has 0 spiro atoms. The number of benzene rings is 1. The van der Waals surface area contributed by atoms with Crippen LogP contribution in [0.1, 0.15) is 5.56 Å². The highest BCUT2D eigenvalue weighted by molar-refractivity contribution is 6.43. The largest absolute Gasteiger partial charge is 0.380 e. The Hall–Kier alpha value is -1.32. The molecule has 16 heavy (non-hydrogen) atoms. The van der Waals surface area contributed by atoms with E-state index in [1.54, 1.807) is 18.5 Å². The van der Waals surface area contributed by atoms with Gasteiger partial charge in [0.15, 0.2) is 0 Å². The van der Waals surface area contributed by atoms with E-state index in [4.69, 9.17) is 23.2 Å². The topological polar surface area (TPSA) is 37.8 Å². The minimum absolute atomic E-state index is 0.529. The first kappa shape index (κ1) is 11.2. The van der Waals surface area contributed by atoms with Crippen molar-refractivity contribution in [3.05, 3.63) is 52.5 Å². The Kier molecular flexibility index (Phi) is 3.59. The van der Waals surface area contributed by atoms with Crippen molar-refractivity contribution in [3.63, 3.8) is 0 Å². The average Bonchev–Trinajstić information content (AvgIpc) is 2.32. The van der Waals surface area contributed by atoms with Gasteiger partial charge in [-0.05, 0) is 12.1 Å². The van der Waals surface area contributed by atoms with Gasteiger partial charge in [-0.2, -0.15) is 0 Å². The van der Waals surface area contributed by atoms with E-state index in [0.717, 1.165) is 11.3 Å². The minimum Gasteiger partial charge on any atom is -0.380 e. The lowest BCUT2D eigenvalue weighted by Gasteiger charge is -2.08. The molecule has 0 atom stereocenters. The van der Waals surface area contributed by atoms with Gasteiger partial charge in [0.1, 0.15) is 6.33 Å². The zero-order valence-electron chi connectivity index (χ0n) is 8.32. The van der Waals surface area contributed by atoms with Crippen LogP contribution in [0.5, 0.6) is 0 Å². The second-order valence-electron chi connectivity index (χ2n) is 3.20. The van der Waals surface area contributed by atoms with Crippen LogP contribution >= 0.6 is 23.2 Å². The molecule has 3 nitrogen and oxygen atoms in total. The van der Waals surface area contributed by atoms with Gasteiger partial charge in [-0.3, -0.25) is 0 Å². The lowest BCUT2D eigenvalue weighted by Crippen LogP contribution is -2.00. The fraction of sp³-hybridized carbons (Fsp3) is 0.0909. The van der Waals surface area contributed by atoms with Gasteiger partial charge < -0.3 is 5.32 Å². The van der Waals surface area contributed by atoms with Crippen molar-refractivity contribution in [2.45, 2.75) is 6.54 Å². The van der Waals surface area contributed by atoms with Gasteiger partial charge in [-0.1, -0.05) is 29.3 Å². The van der Waals surface area contributed by atoms with Gasteiger partial charge in [0.05, 0.1) is 15.7 Å². The molecule has 1 aromatic carbocycles. The molecule has 0 saturated heterocycles. The van der Waals surface area contributed by atoms with E-state index < -0.39 is 0 Å². The monoisotopic (exact) mass is 253 g/mol. The summed E-state index contributed by atoms with van der Waals surface area (Å²) in [5.74, 6) is 0. The number of halogens is 2. The Morgan fingerprint density at radius 1 is 1.12 bits per heavy atom. The maximum atomic E-state index is 6.03. The standard InChI is InChI=1S/C11H9Cl2N3/c12-9-2-1-3-10(11(9)13)16-6-8-4-14-7-15-5-8/h1-5,7,16H,6H2. The fourth-order valence-electron chi connectivity index (χ4n) is 1.26. The van der Waals surface area contributed by atoms with Crippen LogP contribution in [-0.2, 0) is 6.54 Å². The van der Waals surface area contributed by atoms with Gasteiger partial charge in [-0.25, -0.2) is 9.97 Å². The Morgan fingerprint density at radius 2 is 1.88 bits per heavy atom. The van der Waals surface area contributed by atoms with E-state index in [1.165, 1.54) is 6.33 Å². The van der Waals surface area contributed by atoms with Crippen molar-refractivity contribution >= 4 is 28.9 Å². The molecule has 2 aromatic rings. The van der Waals surface area contributed by atoms with Crippen LogP contribution < -0.4 is 5.32 Å². The van der Waals surface area contributed by atoms with Crippen LogP contribution in [-0.4, -0.2) is 9.97 Å². The Bertz CT molecular complexity index is 474. The fourth-order valence-corrected chi connectivity index (χ4v) is 1.63. The molecule has 0 fully saturated rings. The van der Waals surface area contributed by atoms with Crippen LogP contribution in [0.2, 0.25) is 10.0 Å². The third-order valence-corrected chi connectivity index (χ3v) is 2.87. The van der Waals surface area contributed by atoms with E-state index in [2.05, 4.69) is 15.3 Å². The van der Waals surface area contributed by atoms with Crippen molar-refractivity contribution in [2.75, 3.05) is 5.32 Å². The highest BCUT2D eigenvalue weighted by Crippen LogP contribution is 2.29. The van der Waals surface area contributed by atoms with Gasteiger partial charge in [0.2, 0.25) is 0 Å². The van der Waals surface area contributed by atoms with Crippen molar-refractivity contribution < 1.29 is 0 Å². The van der Waals surface area contributed by atoms with Crippen molar-refractivity contribution in [1.82, 2.24) is 9.97 Å². The lowest BCUT2D eigenvalue weighted by molar-refractivity contribution is 1.05. The van der Waals surface area contributed by atoms with Crippen LogP contribution in [0, 0.1) is 0 Å². The van der Waals surface area contributed by atoms with Crippen LogP contribution in [0.15, 0.2) is 36.9 Å². The van der Waals surface area contributed by atoms with Crippen molar-refractivity contribution in [2.24, 2.45) is 0 Å². The first-order valence-corrected chi connectivity index (χ1v) is 5.45. The molecule has 0 aliphatic carbocycles. The Morgan fingerprint density at radius 3 is 2.62 bits per heavy atom. The predicted molar refractivity (Wildman–Crippen MR) is 65.8 cm³/mol. The highest BCUT2D eigenvalue weighted by Gasteiger charge is 2.03. The summed E-state index contributed by atoms with van der Waals surface area (Å²) in [7, 11) is 0. The number of hydrogen-bond donors (Lipinski definition) is 1. The maximum absolute atomic E-state index is 6.03. The second kappa shape index (κ2) is 5.14. The molecule has 0 aliphatic rings. The molecular formula is C11H9Cl2N3. The number of rotatable bonds is 3. The van der Waals surface area contributed by atoms with E-state index in [-0.39, 0.29) is 0 Å². The number of hydrogen-bond acceptors (Lipinski definition) is 3. The molecule has 2 rings (SSSR count). The SMILES string of the molecule is Clc1cccc(NCc2cncnc2)c1Cl. The third kappa shape index (κ3) is 2.62. The lowest BCUT2D eigenvalue weighted by atomic mass is 10.3. The molecule has 1 N–H and O–H groups in total. The molecule has 0 bridgehead atoms. The minimum atomic E-state index is 0.529. The second-order valence-corrected chi connectivity index (χ2v) is 3.99. The summed E-state index contributed by atoms with van der Waals surface area (Å²) in [6.45, 7) is 0.612. The van der Waals surface area contributed by atoms with Crippen LogP contribution in [0.3, 0.4) is 0 Å². The zero-order valence-corrected chi connectivity index (χ0v) is 9.83. The third-order valence-electron chi connectivity index (χ3n) is 2.05.